The van der Waals surface area contributed by atoms with E-state index in [4.69, 9.17) is 0 Å². The van der Waals surface area contributed by atoms with Gasteiger partial charge in [-0.3, -0.25) is 0 Å². The van der Waals surface area contributed by atoms with Crippen LogP contribution < -0.4 is 0 Å². The van der Waals surface area contributed by atoms with E-state index in [0.717, 1.165) is 10.7 Å². The summed E-state index contributed by atoms with van der Waals surface area (Å²) in [6, 6.07) is 2.12. The van der Waals surface area contributed by atoms with Crippen molar-refractivity contribution in [3.05, 3.63) is 27.4 Å². The number of aliphatic hydroxyl groups excluding tert-OH is 1. The van der Waals surface area contributed by atoms with Gasteiger partial charge in [-0.1, -0.05) is 13.8 Å². The second-order valence-electron chi connectivity index (χ2n) is 4.54. The van der Waals surface area contributed by atoms with Crippen LogP contribution in [-0.4, -0.2) is 16.7 Å². The lowest BCUT2D eigenvalue weighted by molar-refractivity contribution is 0.237. The number of thiophene rings is 1. The van der Waals surface area contributed by atoms with E-state index in [1.165, 1.54) is 10.4 Å². The molecule has 4 heteroatoms. The van der Waals surface area contributed by atoms with Gasteiger partial charge in [0.05, 0.1) is 22.2 Å². The maximum atomic E-state index is 9.41. The quantitative estimate of drug-likeness (QED) is 0.911. The molecule has 1 atom stereocenters. The molecule has 2 heterocycles. The van der Waals surface area contributed by atoms with Gasteiger partial charge in [-0.2, -0.15) is 0 Å². The van der Waals surface area contributed by atoms with Crippen LogP contribution in [0.4, 0.5) is 0 Å². The second kappa shape index (κ2) is 5.29. The van der Waals surface area contributed by atoms with Crippen molar-refractivity contribution in [3.63, 3.8) is 0 Å². The minimum atomic E-state index is 0.161. The molecular formula is C13H17NOS2. The van der Waals surface area contributed by atoms with Crippen molar-refractivity contribution in [1.29, 1.82) is 0 Å². The molecule has 2 aromatic heterocycles. The van der Waals surface area contributed by atoms with E-state index in [1.807, 2.05) is 0 Å². The summed E-state index contributed by atoms with van der Waals surface area (Å²) >= 11 is 3.38. The predicted molar refractivity (Wildman–Crippen MR) is 74.8 cm³/mol. The number of hydrogen-bond donors (Lipinski definition) is 1. The van der Waals surface area contributed by atoms with E-state index in [-0.39, 0.29) is 12.5 Å². The molecule has 0 saturated heterocycles. The first-order valence-corrected chi connectivity index (χ1v) is 7.50. The lowest BCUT2D eigenvalue weighted by Crippen LogP contribution is -2.10. The van der Waals surface area contributed by atoms with Crippen molar-refractivity contribution in [3.8, 4) is 10.6 Å². The summed E-state index contributed by atoms with van der Waals surface area (Å²) in [4.78, 5) is 5.92. The Bertz CT molecular complexity index is 487. The lowest BCUT2D eigenvalue weighted by Gasteiger charge is -2.14. The number of aryl methyl sites for hydroxylation is 1. The third-order valence-corrected chi connectivity index (χ3v) is 4.95. The molecule has 0 amide bonds. The smallest absolute Gasteiger partial charge is 0.0989 e. The Labute approximate surface area is 110 Å². The van der Waals surface area contributed by atoms with E-state index in [9.17, 15) is 5.11 Å². The van der Waals surface area contributed by atoms with Gasteiger partial charge in [-0.15, -0.1) is 22.7 Å². The van der Waals surface area contributed by atoms with Crippen LogP contribution in [0.25, 0.3) is 10.6 Å². The fraction of sp³-hybridized carbons (Fsp3) is 0.462. The van der Waals surface area contributed by atoms with Gasteiger partial charge in [0.1, 0.15) is 0 Å². The molecule has 17 heavy (non-hydrogen) atoms. The molecule has 1 N–H and O–H groups in total. The average Bonchev–Trinajstić information content (AvgIpc) is 2.87. The van der Waals surface area contributed by atoms with Gasteiger partial charge in [0.25, 0.3) is 0 Å². The standard InChI is InChI=1S/C13H17NOS2/c1-8(2)10(6-15)13-14-11(7-17-13)12-9(3)4-5-16-12/h4-5,7-8,10,15H,6H2,1-3H3. The topological polar surface area (TPSA) is 33.1 Å². The van der Waals surface area contributed by atoms with Crippen molar-refractivity contribution in [1.82, 2.24) is 4.98 Å². The number of rotatable bonds is 4. The molecule has 0 aliphatic carbocycles. The van der Waals surface area contributed by atoms with E-state index in [1.54, 1.807) is 22.7 Å². The highest BCUT2D eigenvalue weighted by Crippen LogP contribution is 2.33. The van der Waals surface area contributed by atoms with Gasteiger partial charge < -0.3 is 5.11 Å². The van der Waals surface area contributed by atoms with Crippen LogP contribution in [0.15, 0.2) is 16.8 Å². The number of nitrogens with zero attached hydrogens (tertiary/aromatic N) is 1. The van der Waals surface area contributed by atoms with Gasteiger partial charge in [0, 0.05) is 11.3 Å². The number of thiazole rings is 1. The second-order valence-corrected chi connectivity index (χ2v) is 6.34. The Hall–Kier alpha value is -0.710. The minimum Gasteiger partial charge on any atom is -0.396 e. The number of aromatic nitrogens is 1. The molecule has 0 radical (unpaired) electrons. The number of aliphatic hydroxyl groups is 1. The molecule has 2 aromatic rings. The average molecular weight is 267 g/mol. The molecule has 2 nitrogen and oxygen atoms in total. The normalized spacial score (nSPS) is 13.2. The first-order valence-electron chi connectivity index (χ1n) is 5.74. The van der Waals surface area contributed by atoms with Crippen molar-refractivity contribution in [2.45, 2.75) is 26.7 Å². The van der Waals surface area contributed by atoms with E-state index >= 15 is 0 Å². The molecule has 0 saturated carbocycles. The Morgan fingerprint density at radius 3 is 2.65 bits per heavy atom. The van der Waals surface area contributed by atoms with Crippen LogP contribution in [0, 0.1) is 12.8 Å². The van der Waals surface area contributed by atoms with E-state index in [0.29, 0.717) is 5.92 Å². The van der Waals surface area contributed by atoms with Gasteiger partial charge in [-0.25, -0.2) is 4.98 Å². The molecule has 2 rings (SSSR count). The zero-order chi connectivity index (χ0) is 12.4. The molecule has 0 fully saturated rings. The van der Waals surface area contributed by atoms with Crippen LogP contribution in [-0.2, 0) is 0 Å². The first kappa shape index (κ1) is 12.7. The third-order valence-electron chi connectivity index (χ3n) is 2.94. The Morgan fingerprint density at radius 1 is 1.35 bits per heavy atom. The Balaban J connectivity index is 2.30. The fourth-order valence-electron chi connectivity index (χ4n) is 1.77. The molecule has 0 aliphatic rings. The van der Waals surface area contributed by atoms with Gasteiger partial charge in [0.15, 0.2) is 0 Å². The summed E-state index contributed by atoms with van der Waals surface area (Å²) in [6.07, 6.45) is 0. The maximum Gasteiger partial charge on any atom is 0.0989 e. The van der Waals surface area contributed by atoms with Crippen LogP contribution in [0.5, 0.6) is 0 Å². The van der Waals surface area contributed by atoms with E-state index in [2.05, 4.69) is 42.6 Å². The highest BCUT2D eigenvalue weighted by Gasteiger charge is 2.19. The highest BCUT2D eigenvalue weighted by atomic mass is 32.1. The summed E-state index contributed by atoms with van der Waals surface area (Å²) in [6.45, 7) is 6.53. The first-order chi connectivity index (χ1) is 8.13. The predicted octanol–water partition coefficient (Wildman–Crippen LogP) is 3.91. The zero-order valence-corrected chi connectivity index (χ0v) is 11.9. The van der Waals surface area contributed by atoms with Gasteiger partial charge >= 0.3 is 0 Å². The molecule has 0 spiro atoms. The van der Waals surface area contributed by atoms with Crippen LogP contribution in [0.3, 0.4) is 0 Å². The lowest BCUT2D eigenvalue weighted by atomic mass is 9.98. The summed E-state index contributed by atoms with van der Waals surface area (Å²) in [5, 5.41) is 14.6. The van der Waals surface area contributed by atoms with Gasteiger partial charge in [-0.05, 0) is 29.9 Å². The fourth-order valence-corrected chi connectivity index (χ4v) is 3.81. The van der Waals surface area contributed by atoms with Crippen LogP contribution in [0.1, 0.15) is 30.3 Å². The molecule has 0 aromatic carbocycles. The summed E-state index contributed by atoms with van der Waals surface area (Å²) < 4.78 is 0. The third kappa shape index (κ3) is 2.59. The largest absolute Gasteiger partial charge is 0.396 e. The van der Waals surface area contributed by atoms with Gasteiger partial charge in [0.2, 0.25) is 0 Å². The molecule has 0 aliphatic heterocycles. The maximum absolute atomic E-state index is 9.41. The monoisotopic (exact) mass is 267 g/mol. The molecule has 1 unspecified atom stereocenters. The van der Waals surface area contributed by atoms with Crippen molar-refractivity contribution < 1.29 is 5.11 Å². The zero-order valence-electron chi connectivity index (χ0n) is 10.3. The van der Waals surface area contributed by atoms with Crippen LogP contribution >= 0.6 is 22.7 Å². The number of hydrogen-bond acceptors (Lipinski definition) is 4. The van der Waals surface area contributed by atoms with Crippen LogP contribution in [0.2, 0.25) is 0 Å². The Morgan fingerprint density at radius 2 is 2.12 bits per heavy atom. The van der Waals surface area contributed by atoms with E-state index < -0.39 is 0 Å². The molecular weight excluding hydrogens is 250 g/mol. The summed E-state index contributed by atoms with van der Waals surface area (Å²) in [7, 11) is 0. The molecule has 92 valence electrons. The summed E-state index contributed by atoms with van der Waals surface area (Å²) in [5.41, 5.74) is 2.33. The SMILES string of the molecule is Cc1ccsc1-c1csc(C(CO)C(C)C)n1. The van der Waals surface area contributed by atoms with Crippen molar-refractivity contribution in [2.75, 3.05) is 6.61 Å². The highest BCUT2D eigenvalue weighted by molar-refractivity contribution is 7.14. The van der Waals surface area contributed by atoms with Crippen molar-refractivity contribution >= 4 is 22.7 Å². The van der Waals surface area contributed by atoms with Crippen molar-refractivity contribution in [2.24, 2.45) is 5.92 Å². The Kier molecular flexibility index (Phi) is 3.97. The molecule has 0 bridgehead atoms. The summed E-state index contributed by atoms with van der Waals surface area (Å²) in [5.74, 6) is 0.581. The minimum absolute atomic E-state index is 0.161.